The minimum absolute atomic E-state index is 0.0145. The Morgan fingerprint density at radius 3 is 2.90 bits per heavy atom. The molecule has 7 nitrogen and oxygen atoms in total. The first-order valence-electron chi connectivity index (χ1n) is 7.03. The average molecular weight is 291 g/mol. The summed E-state index contributed by atoms with van der Waals surface area (Å²) in [5, 5.41) is 24.0. The normalized spacial score (nSPS) is 18.7. The molecule has 1 aromatic rings. The fraction of sp³-hybridized carbons (Fsp3) is 0.500. The topological polar surface area (TPSA) is 95.7 Å². The summed E-state index contributed by atoms with van der Waals surface area (Å²) in [4.78, 5) is 23.8. The summed E-state index contributed by atoms with van der Waals surface area (Å²) in [6.45, 7) is 0.667. The van der Waals surface area contributed by atoms with E-state index < -0.39 is 11.0 Å². The van der Waals surface area contributed by atoms with E-state index in [1.165, 1.54) is 17.0 Å². The Morgan fingerprint density at radius 1 is 1.48 bits per heavy atom. The van der Waals surface area contributed by atoms with Gasteiger partial charge in [0.2, 0.25) is 5.91 Å². The molecular weight excluding hydrogens is 274 g/mol. The predicted molar refractivity (Wildman–Crippen MR) is 76.2 cm³/mol. The summed E-state index contributed by atoms with van der Waals surface area (Å²) in [5.41, 5.74) is 1.30. The number of nitro benzene ring substituents is 1. The Kier molecular flexibility index (Phi) is 3.60. The van der Waals surface area contributed by atoms with Crippen LogP contribution in [0.4, 0.5) is 11.4 Å². The number of aliphatic hydroxyl groups is 1. The number of carbonyl (C=O) groups excluding carboxylic acids is 1. The number of rotatable bonds is 6. The van der Waals surface area contributed by atoms with Gasteiger partial charge in [-0.15, -0.1) is 0 Å². The van der Waals surface area contributed by atoms with E-state index >= 15 is 0 Å². The number of hydrogen-bond donors (Lipinski definition) is 2. The van der Waals surface area contributed by atoms with Crippen molar-refractivity contribution in [2.24, 2.45) is 0 Å². The van der Waals surface area contributed by atoms with Crippen LogP contribution in [0.3, 0.4) is 0 Å². The van der Waals surface area contributed by atoms with Gasteiger partial charge in [0.25, 0.3) is 5.69 Å². The van der Waals surface area contributed by atoms with Gasteiger partial charge in [0.15, 0.2) is 0 Å². The summed E-state index contributed by atoms with van der Waals surface area (Å²) in [6, 6.07) is 4.91. The molecule has 2 N–H and O–H groups in total. The van der Waals surface area contributed by atoms with Crippen molar-refractivity contribution in [3.8, 4) is 0 Å². The number of nitrogens with zero attached hydrogens (tertiary/aromatic N) is 2. The lowest BCUT2D eigenvalue weighted by Crippen LogP contribution is -2.40. The van der Waals surface area contributed by atoms with Crippen LogP contribution in [0.5, 0.6) is 0 Å². The highest BCUT2D eigenvalue weighted by atomic mass is 16.6. The Hall–Kier alpha value is -1.99. The first kappa shape index (κ1) is 14.0. The van der Waals surface area contributed by atoms with Gasteiger partial charge >= 0.3 is 0 Å². The first-order valence-corrected chi connectivity index (χ1v) is 7.03. The molecule has 1 amide bonds. The van der Waals surface area contributed by atoms with Gasteiger partial charge in [0, 0.05) is 30.4 Å². The quantitative estimate of drug-likeness (QED) is 0.591. The molecule has 0 aromatic heterocycles. The molecule has 1 atom stereocenters. The lowest BCUT2D eigenvalue weighted by molar-refractivity contribution is -0.384. The second kappa shape index (κ2) is 5.42. The van der Waals surface area contributed by atoms with Crippen molar-refractivity contribution in [2.45, 2.75) is 31.4 Å². The van der Waals surface area contributed by atoms with Crippen LogP contribution in [-0.4, -0.2) is 41.2 Å². The van der Waals surface area contributed by atoms with Crippen LogP contribution < -0.4 is 10.2 Å². The summed E-state index contributed by atoms with van der Waals surface area (Å²) in [7, 11) is 0. The van der Waals surface area contributed by atoms with Crippen molar-refractivity contribution in [1.29, 1.82) is 0 Å². The standard InChI is InChI=1S/C14H17N3O4/c18-12(7-15-10-1-2-10)8-16-13-4-3-11(17(20)21)5-9(13)6-14(16)19/h3-5,10,12,15,18H,1-2,6-8H2. The lowest BCUT2D eigenvalue weighted by atomic mass is 10.1. The van der Waals surface area contributed by atoms with Gasteiger partial charge in [0.1, 0.15) is 0 Å². The molecule has 21 heavy (non-hydrogen) atoms. The van der Waals surface area contributed by atoms with Crippen LogP contribution >= 0.6 is 0 Å². The fourth-order valence-electron chi connectivity index (χ4n) is 2.55. The molecule has 0 radical (unpaired) electrons. The molecule has 1 unspecified atom stereocenters. The molecule has 1 saturated carbocycles. The predicted octanol–water partition coefficient (Wildman–Crippen LogP) is 0.597. The molecule has 0 spiro atoms. The van der Waals surface area contributed by atoms with Crippen LogP contribution in [0, 0.1) is 10.1 Å². The van der Waals surface area contributed by atoms with Gasteiger partial charge in [-0.05, 0) is 24.5 Å². The molecular formula is C14H17N3O4. The number of fused-ring (bicyclic) bond motifs is 1. The number of anilines is 1. The van der Waals surface area contributed by atoms with E-state index in [9.17, 15) is 20.0 Å². The SMILES string of the molecule is O=C1Cc2cc([N+](=O)[O-])ccc2N1CC(O)CNC1CC1. The Labute approximate surface area is 121 Å². The molecule has 2 aliphatic rings. The van der Waals surface area contributed by atoms with Crippen LogP contribution in [0.1, 0.15) is 18.4 Å². The number of amides is 1. The number of aliphatic hydroxyl groups excluding tert-OH is 1. The average Bonchev–Trinajstić information content (AvgIpc) is 3.22. The van der Waals surface area contributed by atoms with Crippen LogP contribution in [0.15, 0.2) is 18.2 Å². The molecule has 1 heterocycles. The summed E-state index contributed by atoms with van der Waals surface area (Å²) >= 11 is 0. The maximum atomic E-state index is 12.0. The Balaban J connectivity index is 1.69. The highest BCUT2D eigenvalue weighted by Gasteiger charge is 2.30. The van der Waals surface area contributed by atoms with Gasteiger partial charge in [-0.3, -0.25) is 14.9 Å². The number of non-ortho nitro benzene ring substituents is 1. The zero-order chi connectivity index (χ0) is 15.0. The first-order chi connectivity index (χ1) is 10.0. The number of carbonyl (C=O) groups is 1. The minimum atomic E-state index is -0.643. The number of nitro groups is 1. The molecule has 0 saturated heterocycles. The maximum absolute atomic E-state index is 12.0. The molecule has 0 bridgehead atoms. The van der Waals surface area contributed by atoms with Gasteiger partial charge in [-0.25, -0.2) is 0 Å². The Bertz CT molecular complexity index is 586. The molecule has 3 rings (SSSR count). The molecule has 7 heteroatoms. The van der Waals surface area contributed by atoms with E-state index in [4.69, 9.17) is 0 Å². The fourth-order valence-corrected chi connectivity index (χ4v) is 2.55. The van der Waals surface area contributed by atoms with Crippen molar-refractivity contribution in [1.82, 2.24) is 5.32 Å². The number of β-amino-alcohol motifs (C(OH)–C–C–N with tert-alkyl or cyclic N) is 1. The molecule has 1 fully saturated rings. The minimum Gasteiger partial charge on any atom is -0.390 e. The molecule has 112 valence electrons. The van der Waals surface area contributed by atoms with Crippen molar-refractivity contribution in [2.75, 3.05) is 18.0 Å². The summed E-state index contributed by atoms with van der Waals surface area (Å²) in [5.74, 6) is -0.129. The zero-order valence-corrected chi connectivity index (χ0v) is 11.5. The highest BCUT2D eigenvalue weighted by Crippen LogP contribution is 2.32. The van der Waals surface area contributed by atoms with E-state index in [1.807, 2.05) is 0 Å². The summed E-state index contributed by atoms with van der Waals surface area (Å²) < 4.78 is 0. The second-order valence-corrected chi connectivity index (χ2v) is 5.59. The molecule has 1 aliphatic heterocycles. The Morgan fingerprint density at radius 2 is 2.24 bits per heavy atom. The smallest absolute Gasteiger partial charge is 0.269 e. The van der Waals surface area contributed by atoms with E-state index in [0.717, 1.165) is 12.8 Å². The number of nitrogens with one attached hydrogen (secondary N) is 1. The molecule has 1 aromatic carbocycles. The van der Waals surface area contributed by atoms with Crippen LogP contribution in [0.25, 0.3) is 0 Å². The third kappa shape index (κ3) is 3.03. The van der Waals surface area contributed by atoms with Gasteiger partial charge in [-0.1, -0.05) is 0 Å². The summed E-state index contributed by atoms with van der Waals surface area (Å²) in [6.07, 6.45) is 1.79. The van der Waals surface area contributed by atoms with E-state index in [1.54, 1.807) is 6.07 Å². The second-order valence-electron chi connectivity index (χ2n) is 5.59. The monoisotopic (exact) mass is 291 g/mol. The lowest BCUT2D eigenvalue weighted by Gasteiger charge is -2.21. The van der Waals surface area contributed by atoms with Crippen molar-refractivity contribution in [3.63, 3.8) is 0 Å². The van der Waals surface area contributed by atoms with E-state index in [-0.39, 0.29) is 24.6 Å². The maximum Gasteiger partial charge on any atom is 0.269 e. The van der Waals surface area contributed by atoms with Gasteiger partial charge in [0.05, 0.1) is 24.0 Å². The van der Waals surface area contributed by atoms with Gasteiger partial charge in [-0.2, -0.15) is 0 Å². The number of benzene rings is 1. The third-order valence-corrected chi connectivity index (χ3v) is 3.82. The highest BCUT2D eigenvalue weighted by molar-refractivity contribution is 6.01. The van der Waals surface area contributed by atoms with E-state index in [0.29, 0.717) is 23.8 Å². The molecule has 1 aliphatic carbocycles. The van der Waals surface area contributed by atoms with E-state index in [2.05, 4.69) is 5.32 Å². The van der Waals surface area contributed by atoms with Crippen LogP contribution in [-0.2, 0) is 11.2 Å². The zero-order valence-electron chi connectivity index (χ0n) is 11.5. The van der Waals surface area contributed by atoms with Crippen molar-refractivity contribution >= 4 is 17.3 Å². The third-order valence-electron chi connectivity index (χ3n) is 3.82. The number of hydrogen-bond acceptors (Lipinski definition) is 5. The largest absolute Gasteiger partial charge is 0.390 e. The van der Waals surface area contributed by atoms with Crippen molar-refractivity contribution < 1.29 is 14.8 Å². The van der Waals surface area contributed by atoms with Gasteiger partial charge < -0.3 is 15.3 Å². The van der Waals surface area contributed by atoms with Crippen molar-refractivity contribution in [3.05, 3.63) is 33.9 Å². The van der Waals surface area contributed by atoms with Crippen LogP contribution in [0.2, 0.25) is 0 Å².